The van der Waals surface area contributed by atoms with E-state index in [1.54, 1.807) is 6.07 Å². The SMILES string of the molecule is O=C(O)CSc1nc2ccc(Cl)cc2s1. The van der Waals surface area contributed by atoms with E-state index >= 15 is 0 Å². The molecule has 1 aromatic carbocycles. The van der Waals surface area contributed by atoms with E-state index < -0.39 is 5.97 Å². The van der Waals surface area contributed by atoms with Crippen LogP contribution in [0.1, 0.15) is 0 Å². The molecule has 0 aliphatic rings. The second-order valence-corrected chi connectivity index (χ2v) is 5.46. The van der Waals surface area contributed by atoms with Crippen molar-refractivity contribution in [1.82, 2.24) is 4.98 Å². The highest BCUT2D eigenvalue weighted by Gasteiger charge is 2.06. The summed E-state index contributed by atoms with van der Waals surface area (Å²) in [6.07, 6.45) is 0. The zero-order valence-corrected chi connectivity index (χ0v) is 9.83. The standard InChI is InChI=1S/C9H6ClNO2S2/c10-5-1-2-6-7(3-5)15-9(11-6)14-4-8(12)13/h1-3H,4H2,(H,12,13). The first-order chi connectivity index (χ1) is 7.15. The summed E-state index contributed by atoms with van der Waals surface area (Å²) < 4.78 is 1.74. The number of hydrogen-bond acceptors (Lipinski definition) is 4. The quantitative estimate of drug-likeness (QED) is 0.861. The van der Waals surface area contributed by atoms with Crippen molar-refractivity contribution in [3.05, 3.63) is 23.2 Å². The lowest BCUT2D eigenvalue weighted by atomic mass is 10.3. The van der Waals surface area contributed by atoms with E-state index in [0.29, 0.717) is 5.02 Å². The molecule has 3 nitrogen and oxygen atoms in total. The molecular weight excluding hydrogens is 254 g/mol. The molecule has 0 radical (unpaired) electrons. The van der Waals surface area contributed by atoms with Gasteiger partial charge in [0.05, 0.1) is 16.0 Å². The monoisotopic (exact) mass is 259 g/mol. The van der Waals surface area contributed by atoms with Crippen LogP contribution in [0.25, 0.3) is 10.2 Å². The normalized spacial score (nSPS) is 10.7. The third-order valence-corrected chi connectivity index (χ3v) is 4.03. The van der Waals surface area contributed by atoms with Gasteiger partial charge in [-0.3, -0.25) is 4.79 Å². The molecule has 0 fully saturated rings. The number of thiazole rings is 1. The molecule has 15 heavy (non-hydrogen) atoms. The number of carbonyl (C=O) groups is 1. The summed E-state index contributed by atoms with van der Waals surface area (Å²) in [4.78, 5) is 14.7. The Bertz CT molecular complexity index is 512. The second kappa shape index (κ2) is 4.38. The van der Waals surface area contributed by atoms with Crippen LogP contribution >= 0.6 is 34.7 Å². The van der Waals surface area contributed by atoms with Crippen molar-refractivity contribution in [2.45, 2.75) is 4.34 Å². The summed E-state index contributed by atoms with van der Waals surface area (Å²) in [5.41, 5.74) is 0.859. The predicted molar refractivity (Wildman–Crippen MR) is 63.0 cm³/mol. The van der Waals surface area contributed by atoms with Gasteiger partial charge in [-0.05, 0) is 18.2 Å². The molecule has 1 N–H and O–H groups in total. The van der Waals surface area contributed by atoms with Gasteiger partial charge in [0.1, 0.15) is 0 Å². The molecule has 0 saturated heterocycles. The van der Waals surface area contributed by atoms with Gasteiger partial charge >= 0.3 is 5.97 Å². The third kappa shape index (κ3) is 2.62. The maximum absolute atomic E-state index is 10.4. The molecule has 0 aliphatic heterocycles. The average molecular weight is 260 g/mol. The summed E-state index contributed by atoms with van der Waals surface area (Å²) in [5.74, 6) is -0.801. The zero-order valence-electron chi connectivity index (χ0n) is 7.44. The molecule has 2 rings (SSSR count). The van der Waals surface area contributed by atoms with Crippen molar-refractivity contribution in [1.29, 1.82) is 0 Å². The highest BCUT2D eigenvalue weighted by Crippen LogP contribution is 2.30. The second-order valence-electron chi connectivity index (χ2n) is 2.77. The van der Waals surface area contributed by atoms with Crippen LogP contribution in [0.2, 0.25) is 5.02 Å². The van der Waals surface area contributed by atoms with Crippen LogP contribution in [-0.2, 0) is 4.79 Å². The van der Waals surface area contributed by atoms with Crippen molar-refractivity contribution in [3.8, 4) is 0 Å². The maximum Gasteiger partial charge on any atom is 0.313 e. The van der Waals surface area contributed by atoms with Crippen molar-refractivity contribution in [2.75, 3.05) is 5.75 Å². The van der Waals surface area contributed by atoms with E-state index in [1.807, 2.05) is 12.1 Å². The molecule has 0 saturated carbocycles. The van der Waals surface area contributed by atoms with Crippen LogP contribution in [0.4, 0.5) is 0 Å². The van der Waals surface area contributed by atoms with Crippen LogP contribution in [0, 0.1) is 0 Å². The Morgan fingerprint density at radius 3 is 3.13 bits per heavy atom. The lowest BCUT2D eigenvalue weighted by molar-refractivity contribution is -0.133. The number of halogens is 1. The minimum Gasteiger partial charge on any atom is -0.481 e. The van der Waals surface area contributed by atoms with Crippen molar-refractivity contribution < 1.29 is 9.90 Å². The van der Waals surface area contributed by atoms with Crippen molar-refractivity contribution in [3.63, 3.8) is 0 Å². The number of nitrogens with zero attached hydrogens (tertiary/aromatic N) is 1. The van der Waals surface area contributed by atoms with E-state index in [9.17, 15) is 4.79 Å². The number of rotatable bonds is 3. The molecule has 78 valence electrons. The van der Waals surface area contributed by atoms with Gasteiger partial charge in [-0.25, -0.2) is 4.98 Å². The number of benzene rings is 1. The number of hydrogen-bond donors (Lipinski definition) is 1. The van der Waals surface area contributed by atoms with E-state index in [-0.39, 0.29) is 5.75 Å². The topological polar surface area (TPSA) is 50.2 Å². The molecular formula is C9H6ClNO2S2. The van der Waals surface area contributed by atoms with Gasteiger partial charge in [0, 0.05) is 5.02 Å². The van der Waals surface area contributed by atoms with Crippen molar-refractivity contribution in [2.24, 2.45) is 0 Å². The number of carboxylic acids is 1. The number of fused-ring (bicyclic) bond motifs is 1. The summed E-state index contributed by atoms with van der Waals surface area (Å²) in [7, 11) is 0. The number of aliphatic carboxylic acids is 1. The van der Waals surface area contributed by atoms with Crippen LogP contribution in [-0.4, -0.2) is 21.8 Å². The van der Waals surface area contributed by atoms with Crippen molar-refractivity contribution >= 4 is 50.9 Å². The van der Waals surface area contributed by atoms with E-state index in [1.165, 1.54) is 23.1 Å². The van der Waals surface area contributed by atoms with E-state index in [0.717, 1.165) is 14.6 Å². The van der Waals surface area contributed by atoms with Gasteiger partial charge < -0.3 is 5.11 Å². The van der Waals surface area contributed by atoms with Crippen LogP contribution < -0.4 is 0 Å². The Hall–Kier alpha value is -0.780. The molecule has 0 spiro atoms. The first-order valence-corrected chi connectivity index (χ1v) is 6.24. The van der Waals surface area contributed by atoms with Gasteiger partial charge in [-0.15, -0.1) is 11.3 Å². The first-order valence-electron chi connectivity index (χ1n) is 4.06. The Kier molecular flexibility index (Phi) is 3.14. The lowest BCUT2D eigenvalue weighted by Crippen LogP contribution is -1.96. The highest BCUT2D eigenvalue weighted by molar-refractivity contribution is 8.01. The molecule has 1 heterocycles. The fourth-order valence-corrected chi connectivity index (χ4v) is 3.13. The summed E-state index contributed by atoms with van der Waals surface area (Å²) in [6, 6.07) is 5.44. The smallest absolute Gasteiger partial charge is 0.313 e. The average Bonchev–Trinajstić information content (AvgIpc) is 2.56. The van der Waals surface area contributed by atoms with Gasteiger partial charge in [0.2, 0.25) is 0 Å². The molecule has 0 bridgehead atoms. The third-order valence-electron chi connectivity index (χ3n) is 1.65. The first kappa shape index (κ1) is 10.7. The lowest BCUT2D eigenvalue weighted by Gasteiger charge is -1.88. The molecule has 6 heteroatoms. The minimum absolute atomic E-state index is 0.0353. The Morgan fingerprint density at radius 1 is 1.60 bits per heavy atom. The van der Waals surface area contributed by atoms with Crippen LogP contribution in [0.3, 0.4) is 0 Å². The Morgan fingerprint density at radius 2 is 2.40 bits per heavy atom. The van der Waals surface area contributed by atoms with E-state index in [4.69, 9.17) is 16.7 Å². The fraction of sp³-hybridized carbons (Fsp3) is 0.111. The highest BCUT2D eigenvalue weighted by atomic mass is 35.5. The maximum atomic E-state index is 10.4. The molecule has 0 atom stereocenters. The molecule has 0 aliphatic carbocycles. The van der Waals surface area contributed by atoms with Gasteiger partial charge in [0.15, 0.2) is 4.34 Å². The van der Waals surface area contributed by atoms with Gasteiger partial charge in [0.25, 0.3) is 0 Å². The molecule has 1 aromatic heterocycles. The van der Waals surface area contributed by atoms with Crippen LogP contribution in [0.15, 0.2) is 22.5 Å². The minimum atomic E-state index is -0.836. The number of carboxylic acid groups (broad SMARTS) is 1. The number of aromatic nitrogens is 1. The largest absolute Gasteiger partial charge is 0.481 e. The number of thioether (sulfide) groups is 1. The van der Waals surface area contributed by atoms with E-state index in [2.05, 4.69) is 4.98 Å². The summed E-state index contributed by atoms with van der Waals surface area (Å²) in [5, 5.41) is 9.20. The summed E-state index contributed by atoms with van der Waals surface area (Å²) >= 11 is 8.52. The molecule has 2 aromatic rings. The zero-order chi connectivity index (χ0) is 10.8. The Balaban J connectivity index is 2.27. The summed E-state index contributed by atoms with van der Waals surface area (Å²) in [6.45, 7) is 0. The fourth-order valence-electron chi connectivity index (χ4n) is 1.06. The van der Waals surface area contributed by atoms with Gasteiger partial charge in [-0.2, -0.15) is 0 Å². The molecule has 0 unspecified atom stereocenters. The predicted octanol–water partition coefficient (Wildman–Crippen LogP) is 3.13. The van der Waals surface area contributed by atoms with Crippen LogP contribution in [0.5, 0.6) is 0 Å². The molecule has 0 amide bonds. The van der Waals surface area contributed by atoms with Gasteiger partial charge in [-0.1, -0.05) is 23.4 Å². The Labute approximate surface area is 99.1 Å².